The van der Waals surface area contributed by atoms with Gasteiger partial charge in [-0.1, -0.05) is 11.8 Å². The second kappa shape index (κ2) is 7.88. The Morgan fingerprint density at radius 1 is 1.14 bits per heavy atom. The number of hydrogen-bond acceptors (Lipinski definition) is 12. The molecule has 2 aromatic rings. The summed E-state index contributed by atoms with van der Waals surface area (Å²) in [5.41, 5.74) is -0.617. The maximum atomic E-state index is 15.6. The summed E-state index contributed by atoms with van der Waals surface area (Å²) in [6, 6.07) is 0. The molecule has 3 heterocycles. The van der Waals surface area contributed by atoms with Crippen LogP contribution in [0.1, 0.15) is 11.8 Å². The Bertz CT molecular complexity index is 1510. The van der Waals surface area contributed by atoms with Gasteiger partial charge in [0.05, 0.1) is 10.9 Å². The number of rotatable bonds is 7. The molecule has 21 heteroatoms. The van der Waals surface area contributed by atoms with Crippen LogP contribution in [0.5, 0.6) is 0 Å². The SMILES string of the molecule is C#Cc1cn([C@@H]2O[C@]3(F)C(OP(=O)(O)OP(=O)(O)OP(=O)(O)O)[C@]3(O)[C@]2(O)C#C)c2ncnc(N)c12. The summed E-state index contributed by atoms with van der Waals surface area (Å²) in [6.07, 6.45) is 8.28. The van der Waals surface area contributed by atoms with E-state index in [1.165, 1.54) is 0 Å². The zero-order valence-corrected chi connectivity index (χ0v) is 19.8. The number of alkyl halides is 1. The summed E-state index contributed by atoms with van der Waals surface area (Å²) >= 11 is 0. The molecule has 0 amide bonds. The number of halogens is 1. The van der Waals surface area contributed by atoms with E-state index < -0.39 is 52.9 Å². The van der Waals surface area contributed by atoms with Gasteiger partial charge in [-0.25, -0.2) is 28.1 Å². The third-order valence-corrected chi connectivity index (χ3v) is 9.10. The molecule has 8 N–H and O–H groups in total. The molecule has 194 valence electrons. The van der Waals surface area contributed by atoms with E-state index in [-0.39, 0.29) is 22.4 Å². The molecule has 2 aliphatic rings. The number of aliphatic hydroxyl groups is 2. The monoisotopic (exact) mass is 570 g/mol. The van der Waals surface area contributed by atoms with Crippen LogP contribution < -0.4 is 5.73 Å². The molecule has 7 atom stereocenters. The van der Waals surface area contributed by atoms with Crippen molar-refractivity contribution in [3.8, 4) is 24.7 Å². The largest absolute Gasteiger partial charge is 0.490 e. The highest BCUT2D eigenvalue weighted by Gasteiger charge is 2.97. The highest BCUT2D eigenvalue weighted by molar-refractivity contribution is 7.66. The predicted molar refractivity (Wildman–Crippen MR) is 111 cm³/mol. The van der Waals surface area contributed by atoms with Crippen molar-refractivity contribution in [2.75, 3.05) is 5.73 Å². The van der Waals surface area contributed by atoms with Gasteiger partial charge in [0, 0.05) is 6.20 Å². The van der Waals surface area contributed by atoms with Crippen molar-refractivity contribution in [3.63, 3.8) is 0 Å². The molecule has 1 saturated heterocycles. The molecule has 2 fully saturated rings. The van der Waals surface area contributed by atoms with E-state index in [2.05, 4.69) is 29.0 Å². The number of nitrogens with two attached hydrogens (primary N) is 1. The number of nitrogen functional groups attached to an aromatic ring is 1. The molecule has 1 aliphatic carbocycles. The summed E-state index contributed by atoms with van der Waals surface area (Å²) in [5, 5.41) is 22.1. The average Bonchev–Trinajstić information content (AvgIpc) is 3.00. The molecule has 1 saturated carbocycles. The normalized spacial score (nSPS) is 34.8. The summed E-state index contributed by atoms with van der Waals surface area (Å²) < 4.78 is 67.3. The van der Waals surface area contributed by atoms with Gasteiger partial charge in [-0.3, -0.25) is 4.52 Å². The fraction of sp³-hybridized carbons (Fsp3) is 0.333. The van der Waals surface area contributed by atoms with Gasteiger partial charge in [0.1, 0.15) is 17.8 Å². The summed E-state index contributed by atoms with van der Waals surface area (Å²) in [5.74, 6) is 0.351. The van der Waals surface area contributed by atoms with E-state index in [1.807, 2.05) is 0 Å². The van der Waals surface area contributed by atoms with Gasteiger partial charge in [0.2, 0.25) is 11.2 Å². The highest BCUT2D eigenvalue weighted by Crippen LogP contribution is 2.74. The van der Waals surface area contributed by atoms with Crippen molar-refractivity contribution in [1.29, 1.82) is 0 Å². The lowest BCUT2D eigenvalue weighted by Crippen LogP contribution is -2.50. The molecule has 0 aromatic carbocycles. The van der Waals surface area contributed by atoms with E-state index in [1.54, 1.807) is 5.92 Å². The first-order chi connectivity index (χ1) is 16.4. The van der Waals surface area contributed by atoms with Crippen LogP contribution in [0, 0.1) is 24.7 Å². The van der Waals surface area contributed by atoms with Gasteiger partial charge in [-0.15, -0.1) is 12.8 Å². The van der Waals surface area contributed by atoms with Gasteiger partial charge >= 0.3 is 23.5 Å². The Balaban J connectivity index is 1.68. The number of terminal acetylenes is 2. The Kier molecular flexibility index (Phi) is 5.87. The maximum absolute atomic E-state index is 15.6. The number of phosphoric acid groups is 3. The lowest BCUT2D eigenvalue weighted by Gasteiger charge is -2.31. The van der Waals surface area contributed by atoms with Crippen LogP contribution in [0.4, 0.5) is 10.2 Å². The quantitative estimate of drug-likeness (QED) is 0.156. The second-order valence-electron chi connectivity index (χ2n) is 7.42. The first kappa shape index (κ1) is 26.8. The van der Waals surface area contributed by atoms with Gasteiger partial charge in [-0.2, -0.15) is 8.62 Å². The number of anilines is 1. The Morgan fingerprint density at radius 2 is 1.78 bits per heavy atom. The number of phosphoric ester groups is 1. The van der Waals surface area contributed by atoms with E-state index in [0.717, 1.165) is 17.1 Å². The molecule has 4 rings (SSSR count). The fourth-order valence-corrected chi connectivity index (χ4v) is 7.04. The molecule has 0 bridgehead atoms. The second-order valence-corrected chi connectivity index (χ2v) is 11.8. The lowest BCUT2D eigenvalue weighted by atomic mass is 9.93. The molecule has 36 heavy (non-hydrogen) atoms. The smallest absolute Gasteiger partial charge is 0.383 e. The van der Waals surface area contributed by atoms with Crippen LogP contribution in [0.3, 0.4) is 0 Å². The molecule has 2 aromatic heterocycles. The molecule has 17 nitrogen and oxygen atoms in total. The fourth-order valence-electron chi connectivity index (χ4n) is 3.83. The summed E-state index contributed by atoms with van der Waals surface area (Å²) in [6.45, 7) is 0. The Labute approximate surface area is 199 Å². The summed E-state index contributed by atoms with van der Waals surface area (Å²) in [7, 11) is -17.6. The van der Waals surface area contributed by atoms with Gasteiger partial charge in [0.15, 0.2) is 12.3 Å². The van der Waals surface area contributed by atoms with E-state index in [4.69, 9.17) is 33.1 Å². The molecular weight excluding hydrogens is 556 g/mol. The van der Waals surface area contributed by atoms with Crippen molar-refractivity contribution in [3.05, 3.63) is 18.1 Å². The Morgan fingerprint density at radius 3 is 2.33 bits per heavy atom. The zero-order chi connectivity index (χ0) is 27.1. The zero-order valence-electron chi connectivity index (χ0n) is 17.1. The van der Waals surface area contributed by atoms with Crippen molar-refractivity contribution < 1.29 is 65.8 Å². The first-order valence-corrected chi connectivity index (χ1v) is 13.6. The Hall–Kier alpha value is -2.24. The van der Waals surface area contributed by atoms with Crippen LogP contribution in [-0.2, 0) is 31.6 Å². The molecule has 0 radical (unpaired) electrons. The van der Waals surface area contributed by atoms with Gasteiger partial charge in [-0.05, 0) is 0 Å². The third-order valence-electron chi connectivity index (χ3n) is 5.30. The van der Waals surface area contributed by atoms with E-state index in [9.17, 15) is 33.7 Å². The topological polar surface area (TPSA) is 266 Å². The number of fused-ring (bicyclic) bond motifs is 2. The van der Waals surface area contributed by atoms with Crippen LogP contribution in [0.25, 0.3) is 11.0 Å². The average molecular weight is 570 g/mol. The van der Waals surface area contributed by atoms with Crippen molar-refractivity contribution in [1.82, 2.24) is 14.5 Å². The van der Waals surface area contributed by atoms with E-state index >= 15 is 4.39 Å². The number of nitrogens with zero attached hydrogens (tertiary/aromatic N) is 3. The highest BCUT2D eigenvalue weighted by atomic mass is 31.3. The van der Waals surface area contributed by atoms with Crippen LogP contribution in [0.2, 0.25) is 0 Å². The van der Waals surface area contributed by atoms with Gasteiger partial charge < -0.3 is 44.8 Å². The lowest BCUT2D eigenvalue weighted by molar-refractivity contribution is -0.165. The van der Waals surface area contributed by atoms with Crippen molar-refractivity contribution >= 4 is 40.3 Å². The number of aromatic nitrogens is 3. The first-order valence-electron chi connectivity index (χ1n) is 9.05. The van der Waals surface area contributed by atoms with Gasteiger partial charge in [0.25, 0.3) is 5.85 Å². The number of ether oxygens (including phenoxy) is 1. The molecule has 3 unspecified atom stereocenters. The minimum atomic E-state index is -5.97. The van der Waals surface area contributed by atoms with Crippen molar-refractivity contribution in [2.45, 2.75) is 29.4 Å². The molecule has 0 spiro atoms. The van der Waals surface area contributed by atoms with E-state index in [0.29, 0.717) is 0 Å². The van der Waals surface area contributed by atoms with Crippen LogP contribution in [-0.4, -0.2) is 67.5 Å². The third kappa shape index (κ3) is 3.81. The predicted octanol–water partition coefficient (Wildman–Crippen LogP) is -0.990. The standard InChI is InChI=1S/C15H14FN4O13P3/c1-3-7-5-20(10-8(7)9(17)18-6-19-10)12-13(21,4-2)14(22)11(15(14,16)30-12)31-35(26,27)33-36(28,29)32-34(23,24)25/h1-2,5-6,11-12,21-22H,(H,26,27)(H,28,29)(H2,17,18,19)(H2,23,24,25)/t11?,12-,13+,14+,15-/m1/s1. The number of hydrogen-bond donors (Lipinski definition) is 7. The maximum Gasteiger partial charge on any atom is 0.490 e. The minimum absolute atomic E-state index is 0.0661. The summed E-state index contributed by atoms with van der Waals surface area (Å²) in [4.78, 5) is 43.8. The molecular formula is C15H14FN4O13P3. The van der Waals surface area contributed by atoms with Crippen LogP contribution >= 0.6 is 23.5 Å². The van der Waals surface area contributed by atoms with Crippen molar-refractivity contribution in [2.24, 2.45) is 0 Å². The minimum Gasteiger partial charge on any atom is -0.383 e. The van der Waals surface area contributed by atoms with Crippen LogP contribution in [0.15, 0.2) is 12.5 Å². The molecule has 1 aliphatic heterocycles.